The van der Waals surface area contributed by atoms with E-state index in [-0.39, 0.29) is 0 Å². The number of rotatable bonds is 4. The van der Waals surface area contributed by atoms with Crippen molar-refractivity contribution in [1.29, 1.82) is 0 Å². The molecule has 0 radical (unpaired) electrons. The molecule has 0 bridgehead atoms. The molecule has 0 aliphatic heterocycles. The molecule has 3 aromatic rings. The van der Waals surface area contributed by atoms with Gasteiger partial charge in [0.15, 0.2) is 16.6 Å². The van der Waals surface area contributed by atoms with Gasteiger partial charge in [0.2, 0.25) is 5.89 Å². The van der Waals surface area contributed by atoms with Crippen molar-refractivity contribution in [3.05, 3.63) is 17.4 Å². The van der Waals surface area contributed by atoms with E-state index in [9.17, 15) is 0 Å². The van der Waals surface area contributed by atoms with Crippen LogP contribution in [-0.2, 0) is 13.6 Å². The van der Waals surface area contributed by atoms with E-state index in [1.165, 1.54) is 32.1 Å². The Hall–Kier alpha value is -1.96. The number of anilines is 1. The minimum absolute atomic E-state index is 0.470. The summed E-state index contributed by atoms with van der Waals surface area (Å²) in [6, 6.07) is 0. The van der Waals surface area contributed by atoms with Crippen LogP contribution in [0.25, 0.3) is 10.3 Å². The van der Waals surface area contributed by atoms with Gasteiger partial charge in [-0.2, -0.15) is 10.1 Å². The number of thiazole rings is 1. The molecule has 0 spiro atoms. The lowest BCUT2D eigenvalue weighted by molar-refractivity contribution is 0.361. The summed E-state index contributed by atoms with van der Waals surface area (Å²) in [5.41, 5.74) is 1.91. The predicted molar refractivity (Wildman–Crippen MR) is 88.6 cm³/mol. The highest BCUT2D eigenvalue weighted by atomic mass is 32.1. The number of fused-ring (bicyclic) bond motifs is 1. The Morgan fingerprint density at radius 1 is 1.26 bits per heavy atom. The van der Waals surface area contributed by atoms with Gasteiger partial charge in [0.25, 0.3) is 0 Å². The Balaban J connectivity index is 1.43. The van der Waals surface area contributed by atoms with Crippen molar-refractivity contribution in [1.82, 2.24) is 24.9 Å². The van der Waals surface area contributed by atoms with Gasteiger partial charge in [-0.1, -0.05) is 35.8 Å². The van der Waals surface area contributed by atoms with E-state index >= 15 is 0 Å². The average Bonchev–Trinajstić information content (AvgIpc) is 3.25. The quantitative estimate of drug-likeness (QED) is 0.789. The van der Waals surface area contributed by atoms with Gasteiger partial charge in [-0.15, -0.1) is 0 Å². The Morgan fingerprint density at radius 3 is 2.87 bits per heavy atom. The highest BCUT2D eigenvalue weighted by Gasteiger charge is 2.21. The first-order chi connectivity index (χ1) is 11.2. The Morgan fingerprint density at radius 2 is 2.09 bits per heavy atom. The number of aryl methyl sites for hydroxylation is 2. The predicted octanol–water partition coefficient (Wildman–Crippen LogP) is 3.38. The van der Waals surface area contributed by atoms with Crippen LogP contribution in [0.5, 0.6) is 0 Å². The van der Waals surface area contributed by atoms with Crippen LogP contribution in [0.3, 0.4) is 0 Å². The van der Waals surface area contributed by atoms with Gasteiger partial charge >= 0.3 is 0 Å². The van der Waals surface area contributed by atoms with Crippen molar-refractivity contribution in [3.63, 3.8) is 0 Å². The van der Waals surface area contributed by atoms with Crippen molar-refractivity contribution in [2.24, 2.45) is 7.05 Å². The van der Waals surface area contributed by atoms with Gasteiger partial charge in [0.05, 0.1) is 16.9 Å². The molecule has 23 heavy (non-hydrogen) atoms. The van der Waals surface area contributed by atoms with Crippen molar-refractivity contribution in [3.8, 4) is 0 Å². The van der Waals surface area contributed by atoms with E-state index in [2.05, 4.69) is 25.5 Å². The first kappa shape index (κ1) is 14.6. The lowest BCUT2D eigenvalue weighted by Crippen LogP contribution is -2.06. The first-order valence-corrected chi connectivity index (χ1v) is 8.89. The Bertz CT molecular complexity index is 779. The number of hydrogen-bond donors (Lipinski definition) is 1. The summed E-state index contributed by atoms with van der Waals surface area (Å²) in [5, 5.41) is 12.6. The summed E-state index contributed by atoms with van der Waals surface area (Å²) in [6.07, 6.45) is 6.22. The summed E-state index contributed by atoms with van der Waals surface area (Å²) in [5.74, 6) is 1.96. The fraction of sp³-hybridized carbons (Fsp3) is 0.600. The zero-order valence-electron chi connectivity index (χ0n) is 13.4. The number of hydrogen-bond acceptors (Lipinski definition) is 7. The first-order valence-electron chi connectivity index (χ1n) is 8.07. The summed E-state index contributed by atoms with van der Waals surface area (Å²) >= 11 is 1.60. The summed E-state index contributed by atoms with van der Waals surface area (Å²) in [7, 11) is 1.91. The Kier molecular flexibility index (Phi) is 3.76. The summed E-state index contributed by atoms with van der Waals surface area (Å²) in [6.45, 7) is 2.50. The molecule has 0 atom stereocenters. The van der Waals surface area contributed by atoms with Crippen LogP contribution < -0.4 is 5.32 Å². The van der Waals surface area contributed by atoms with Gasteiger partial charge in [-0.3, -0.25) is 0 Å². The summed E-state index contributed by atoms with van der Waals surface area (Å²) in [4.78, 5) is 9.11. The molecular formula is C15H20N6OS. The highest BCUT2D eigenvalue weighted by Crippen LogP contribution is 2.31. The molecule has 3 heterocycles. The van der Waals surface area contributed by atoms with Crippen molar-refractivity contribution < 1.29 is 4.52 Å². The van der Waals surface area contributed by atoms with Gasteiger partial charge in [-0.25, -0.2) is 9.67 Å². The molecule has 4 rings (SSSR count). The average molecular weight is 332 g/mol. The van der Waals surface area contributed by atoms with E-state index in [1.54, 1.807) is 16.0 Å². The second kappa shape index (κ2) is 5.92. The molecule has 122 valence electrons. The van der Waals surface area contributed by atoms with Crippen LogP contribution in [0.15, 0.2) is 4.52 Å². The number of aromatic nitrogens is 5. The third-order valence-electron chi connectivity index (χ3n) is 4.39. The van der Waals surface area contributed by atoms with E-state index in [4.69, 9.17) is 4.52 Å². The van der Waals surface area contributed by atoms with Crippen LogP contribution in [0, 0.1) is 6.92 Å². The molecule has 1 fully saturated rings. The highest BCUT2D eigenvalue weighted by molar-refractivity contribution is 7.22. The molecule has 1 N–H and O–H groups in total. The van der Waals surface area contributed by atoms with Crippen LogP contribution >= 0.6 is 11.3 Å². The third kappa shape index (κ3) is 2.83. The monoisotopic (exact) mass is 332 g/mol. The van der Waals surface area contributed by atoms with E-state index in [1.807, 2.05) is 14.0 Å². The second-order valence-corrected chi connectivity index (χ2v) is 7.11. The van der Waals surface area contributed by atoms with Crippen LogP contribution in [0.4, 0.5) is 5.13 Å². The van der Waals surface area contributed by atoms with Crippen LogP contribution in [0.2, 0.25) is 0 Å². The van der Waals surface area contributed by atoms with Crippen molar-refractivity contribution in [2.75, 3.05) is 5.32 Å². The lowest BCUT2D eigenvalue weighted by Gasteiger charge is -2.17. The molecule has 3 aromatic heterocycles. The third-order valence-corrected chi connectivity index (χ3v) is 5.50. The molecule has 0 saturated heterocycles. The maximum absolute atomic E-state index is 5.38. The molecule has 0 unspecified atom stereocenters. The second-order valence-electron chi connectivity index (χ2n) is 6.12. The smallest absolute Gasteiger partial charge is 0.246 e. The van der Waals surface area contributed by atoms with Gasteiger partial charge < -0.3 is 9.84 Å². The zero-order chi connectivity index (χ0) is 15.8. The topological polar surface area (TPSA) is 81.7 Å². The normalized spacial score (nSPS) is 16.3. The molecule has 1 saturated carbocycles. The number of nitrogens with zero attached hydrogens (tertiary/aromatic N) is 5. The molecule has 1 aliphatic carbocycles. The maximum Gasteiger partial charge on any atom is 0.246 e. The number of nitrogens with one attached hydrogen (secondary N) is 1. The van der Waals surface area contributed by atoms with Crippen molar-refractivity contribution >= 4 is 26.8 Å². The minimum Gasteiger partial charge on any atom is -0.352 e. The van der Waals surface area contributed by atoms with Crippen LogP contribution in [-0.4, -0.2) is 24.9 Å². The van der Waals surface area contributed by atoms with Crippen molar-refractivity contribution in [2.45, 2.75) is 51.5 Å². The zero-order valence-corrected chi connectivity index (χ0v) is 14.2. The fourth-order valence-electron chi connectivity index (χ4n) is 3.18. The maximum atomic E-state index is 5.38. The molecule has 1 aliphatic rings. The molecule has 0 aromatic carbocycles. The SMILES string of the molecule is Cc1nn(C)c2nc(NCc3nc(C4CCCCC4)no3)sc12. The Labute approximate surface area is 138 Å². The lowest BCUT2D eigenvalue weighted by atomic mass is 9.89. The standard InChI is InChI=1S/C15H20N6OS/c1-9-12-14(21(2)19-9)18-15(23-12)16-8-11-17-13(20-22-11)10-6-4-3-5-7-10/h10H,3-8H2,1-2H3,(H,16,18). The van der Waals surface area contributed by atoms with Crippen LogP contribution in [0.1, 0.15) is 55.4 Å². The molecule has 0 amide bonds. The van der Waals surface area contributed by atoms with Gasteiger partial charge in [0, 0.05) is 13.0 Å². The fourth-order valence-corrected chi connectivity index (χ4v) is 4.11. The largest absolute Gasteiger partial charge is 0.352 e. The minimum atomic E-state index is 0.470. The van der Waals surface area contributed by atoms with Gasteiger partial charge in [0.1, 0.15) is 0 Å². The van der Waals surface area contributed by atoms with E-state index in [0.717, 1.165) is 27.0 Å². The van der Waals surface area contributed by atoms with Gasteiger partial charge in [-0.05, 0) is 19.8 Å². The molecular weight excluding hydrogens is 312 g/mol. The summed E-state index contributed by atoms with van der Waals surface area (Å²) < 4.78 is 8.30. The van der Waals surface area contributed by atoms with E-state index in [0.29, 0.717) is 18.4 Å². The molecule has 7 nitrogen and oxygen atoms in total. The van der Waals surface area contributed by atoms with E-state index < -0.39 is 0 Å². The molecule has 8 heteroatoms.